The predicted octanol–water partition coefficient (Wildman–Crippen LogP) is 5.62. The van der Waals surface area contributed by atoms with Gasteiger partial charge in [-0.05, 0) is 41.0 Å². The second-order valence-electron chi connectivity index (χ2n) is 14.2. The normalized spacial score (nSPS) is 21.0. The fourth-order valence-corrected chi connectivity index (χ4v) is 7.05. The molecule has 0 spiro atoms. The number of aliphatic hydroxyl groups excluding tert-OH is 3. The van der Waals surface area contributed by atoms with E-state index in [4.69, 9.17) is 14.2 Å². The summed E-state index contributed by atoms with van der Waals surface area (Å²) in [7, 11) is 0. The molecule has 3 aliphatic rings. The number of fused-ring (bicyclic) bond motifs is 3. The lowest BCUT2D eigenvalue weighted by Gasteiger charge is -2.34. The lowest BCUT2D eigenvalue weighted by Crippen LogP contribution is -2.36. The van der Waals surface area contributed by atoms with Crippen molar-refractivity contribution in [2.45, 2.75) is 43.0 Å². The number of Topliss-reactive ketones (excluding diaryl/α,β-unsaturated/α-hetero) is 2. The van der Waals surface area contributed by atoms with Crippen LogP contribution in [0.15, 0.2) is 115 Å². The van der Waals surface area contributed by atoms with Crippen molar-refractivity contribution in [3.8, 4) is 63.2 Å². The first-order valence-corrected chi connectivity index (χ1v) is 18.5. The van der Waals surface area contributed by atoms with Gasteiger partial charge in [-0.2, -0.15) is 0 Å². The molecule has 0 unspecified atom stereocenters. The number of aliphatic hydroxyl groups is 3. The number of carbonyl (C=O) groups is 2. The summed E-state index contributed by atoms with van der Waals surface area (Å²) in [6.45, 7) is 0. The number of ketones is 2. The van der Waals surface area contributed by atoms with Gasteiger partial charge in [0.05, 0.1) is 6.42 Å². The Balaban J connectivity index is 0.000000138. The zero-order chi connectivity index (χ0) is 43.7. The SMILES string of the molecule is O=C1C[C@@H](c2ccccc2)Oc2cc(O)cc(O)c21.O=C1c2c(O)cc(O)cc2O[C@H](c2ccccc2)[C@H]1O.Oc1ccc([C@H]2Oc3c(ccc(O)c3O)[C@H](O)[C@H]2O)cc1O. The Hall–Kier alpha value is -7.66. The van der Waals surface area contributed by atoms with Crippen molar-refractivity contribution in [3.63, 3.8) is 0 Å². The van der Waals surface area contributed by atoms with E-state index in [-0.39, 0.29) is 80.8 Å². The largest absolute Gasteiger partial charge is 0.508 e. The van der Waals surface area contributed by atoms with Crippen LogP contribution in [0.2, 0.25) is 0 Å². The number of benzene rings is 6. The number of hydrogen-bond donors (Lipinski definition) is 11. The van der Waals surface area contributed by atoms with Gasteiger partial charge in [0.15, 0.2) is 47.1 Å². The van der Waals surface area contributed by atoms with E-state index in [1.165, 1.54) is 42.5 Å². The molecule has 0 aliphatic carbocycles. The fourth-order valence-electron chi connectivity index (χ4n) is 7.05. The van der Waals surface area contributed by atoms with Gasteiger partial charge in [-0.3, -0.25) is 9.59 Å². The molecule has 314 valence electrons. The number of hydrogen-bond acceptors (Lipinski definition) is 16. The van der Waals surface area contributed by atoms with Crippen LogP contribution in [-0.4, -0.2) is 79.9 Å². The number of carbonyl (C=O) groups excluding carboxylic acids is 2. The van der Waals surface area contributed by atoms with Crippen LogP contribution in [0, 0.1) is 0 Å². The third-order valence-corrected chi connectivity index (χ3v) is 10.1. The molecule has 0 aromatic heterocycles. The van der Waals surface area contributed by atoms with Crippen LogP contribution in [0.3, 0.4) is 0 Å². The molecule has 6 atom stereocenters. The van der Waals surface area contributed by atoms with Crippen LogP contribution in [0.4, 0.5) is 0 Å². The summed E-state index contributed by atoms with van der Waals surface area (Å²) < 4.78 is 16.8. The molecule has 0 fully saturated rings. The minimum atomic E-state index is -1.40. The number of phenolic OH excluding ortho intramolecular Hbond substituents is 8. The van der Waals surface area contributed by atoms with Crippen molar-refractivity contribution in [1.29, 1.82) is 0 Å². The molecule has 6 aromatic rings. The molecule has 16 heteroatoms. The van der Waals surface area contributed by atoms with E-state index >= 15 is 0 Å². The van der Waals surface area contributed by atoms with Crippen LogP contribution < -0.4 is 14.2 Å². The molecule has 6 aromatic carbocycles. The Morgan fingerprint density at radius 2 is 1.05 bits per heavy atom. The fraction of sp³-hybridized carbons (Fsp3) is 0.156. The van der Waals surface area contributed by atoms with Gasteiger partial charge in [0, 0.05) is 29.8 Å². The zero-order valence-electron chi connectivity index (χ0n) is 31.6. The molecule has 61 heavy (non-hydrogen) atoms. The van der Waals surface area contributed by atoms with Crippen LogP contribution in [0.1, 0.15) is 73.8 Å². The lowest BCUT2D eigenvalue weighted by molar-refractivity contribution is -0.0710. The monoisotopic (exact) mass is 834 g/mol. The Morgan fingerprint density at radius 1 is 0.475 bits per heavy atom. The average Bonchev–Trinajstić information content (AvgIpc) is 3.23. The van der Waals surface area contributed by atoms with Crippen molar-refractivity contribution in [2.75, 3.05) is 0 Å². The van der Waals surface area contributed by atoms with Gasteiger partial charge < -0.3 is 70.4 Å². The molecule has 16 nitrogen and oxygen atoms in total. The third kappa shape index (κ3) is 8.31. The highest BCUT2D eigenvalue weighted by Gasteiger charge is 2.40. The summed E-state index contributed by atoms with van der Waals surface area (Å²) in [5.74, 6) is -3.37. The maximum atomic E-state index is 12.2. The minimum absolute atomic E-state index is 0.0617. The summed E-state index contributed by atoms with van der Waals surface area (Å²) in [6.07, 6.45) is -6.28. The van der Waals surface area contributed by atoms with Crippen molar-refractivity contribution in [1.82, 2.24) is 0 Å². The maximum Gasteiger partial charge on any atom is 0.202 e. The van der Waals surface area contributed by atoms with Gasteiger partial charge in [0.2, 0.25) is 11.5 Å². The Kier molecular flexibility index (Phi) is 11.5. The molecule has 0 saturated carbocycles. The first-order valence-electron chi connectivity index (χ1n) is 18.5. The van der Waals surface area contributed by atoms with E-state index in [0.717, 1.165) is 17.7 Å². The van der Waals surface area contributed by atoms with Crippen molar-refractivity contribution in [3.05, 3.63) is 149 Å². The summed E-state index contributed by atoms with van der Waals surface area (Å²) in [4.78, 5) is 24.2. The Bertz CT molecular complexity index is 2600. The first-order chi connectivity index (χ1) is 29.1. The molecule has 11 N–H and O–H groups in total. The smallest absolute Gasteiger partial charge is 0.202 e. The highest BCUT2D eigenvalue weighted by Crippen LogP contribution is 2.49. The van der Waals surface area contributed by atoms with Gasteiger partial charge in [0.25, 0.3) is 0 Å². The standard InChI is InChI=1S/C15H14O7.C15H12O5.C15H12O4/c16-8-3-1-6(5-10(8)18)14-13(21)11(19)7-2-4-9(17)12(20)15(7)22-14;16-9-6-10(17)12-11(7-9)20-15(14(19)13(12)18)8-4-2-1-3-5-8;16-10-6-11(17)15-12(18)8-13(19-14(15)7-10)9-4-2-1-3-5-9/h1-5,11,13-14,16-21H;1-7,14-17,19H;1-7,13,16-17H,8H2/t11-,13+,14+;14-,15+;13-/m000/s1. The van der Waals surface area contributed by atoms with Crippen molar-refractivity contribution < 1.29 is 80.0 Å². The first kappa shape index (κ1) is 41.5. The van der Waals surface area contributed by atoms with Crippen LogP contribution in [-0.2, 0) is 0 Å². The molecule has 0 amide bonds. The van der Waals surface area contributed by atoms with E-state index in [1.54, 1.807) is 24.3 Å². The molecule has 3 aliphatic heterocycles. The minimum Gasteiger partial charge on any atom is -0.508 e. The van der Waals surface area contributed by atoms with E-state index < -0.39 is 59.3 Å². The van der Waals surface area contributed by atoms with E-state index in [9.17, 15) is 65.8 Å². The number of aromatic hydroxyl groups is 8. The third-order valence-electron chi connectivity index (χ3n) is 10.1. The molecule has 0 saturated heterocycles. The molecule has 0 radical (unpaired) electrons. The zero-order valence-corrected chi connectivity index (χ0v) is 31.6. The number of phenols is 8. The Morgan fingerprint density at radius 3 is 1.67 bits per heavy atom. The van der Waals surface area contributed by atoms with Gasteiger partial charge >= 0.3 is 0 Å². The molecular formula is C45H38O16. The van der Waals surface area contributed by atoms with Crippen LogP contribution >= 0.6 is 0 Å². The molecule has 0 bridgehead atoms. The van der Waals surface area contributed by atoms with Gasteiger partial charge in [-0.1, -0.05) is 66.7 Å². The molecular weight excluding hydrogens is 796 g/mol. The van der Waals surface area contributed by atoms with E-state index in [1.807, 2.05) is 36.4 Å². The van der Waals surface area contributed by atoms with Crippen LogP contribution in [0.5, 0.6) is 63.2 Å². The summed E-state index contributed by atoms with van der Waals surface area (Å²) in [6, 6.07) is 29.3. The highest BCUT2D eigenvalue weighted by molar-refractivity contribution is 6.05. The van der Waals surface area contributed by atoms with Gasteiger partial charge in [-0.25, -0.2) is 0 Å². The second kappa shape index (κ2) is 16.9. The summed E-state index contributed by atoms with van der Waals surface area (Å²) in [5, 5.41) is 107. The number of rotatable bonds is 3. The Labute approximate surface area is 345 Å². The summed E-state index contributed by atoms with van der Waals surface area (Å²) in [5.41, 5.74) is 2.00. The van der Waals surface area contributed by atoms with Gasteiger partial charge in [-0.15, -0.1) is 0 Å². The van der Waals surface area contributed by atoms with Crippen molar-refractivity contribution in [2.24, 2.45) is 0 Å². The topological polar surface area (TPSA) is 284 Å². The second-order valence-corrected chi connectivity index (χ2v) is 14.2. The maximum absolute atomic E-state index is 12.2. The van der Waals surface area contributed by atoms with Gasteiger partial charge in [0.1, 0.15) is 63.9 Å². The highest BCUT2D eigenvalue weighted by atomic mass is 16.5. The number of ether oxygens (including phenoxy) is 3. The van der Waals surface area contributed by atoms with E-state index in [0.29, 0.717) is 5.56 Å². The quantitative estimate of drug-likeness (QED) is 0.0966. The van der Waals surface area contributed by atoms with Crippen LogP contribution in [0.25, 0.3) is 0 Å². The lowest BCUT2D eigenvalue weighted by atomic mass is 9.91. The molecule has 3 heterocycles. The molecule has 9 rings (SSSR count). The van der Waals surface area contributed by atoms with Crippen molar-refractivity contribution >= 4 is 11.6 Å². The summed E-state index contributed by atoms with van der Waals surface area (Å²) >= 11 is 0. The average molecular weight is 835 g/mol. The predicted molar refractivity (Wildman–Crippen MR) is 212 cm³/mol. The van der Waals surface area contributed by atoms with E-state index in [2.05, 4.69) is 0 Å².